The minimum atomic E-state index is -0.747. The van der Waals surface area contributed by atoms with E-state index in [2.05, 4.69) is 26.2 Å². The van der Waals surface area contributed by atoms with Crippen LogP contribution in [-0.4, -0.2) is 75.9 Å². The second-order valence-corrected chi connectivity index (χ2v) is 9.39. The molecule has 0 amide bonds. The standard InChI is InChI=1S/C26H28F2N8O2/c1-16(33-20-2-5-35(6-3-20)21-14-37-15-21)25(34-30)17-8-24(26-18(10-29)11-32-36(26)13-17)38-7-4-23-22(28)9-19(27)12-31-23/h8-9,11-13,20-21H,2-7,14-15,30H2,1H3/b33-16?,34-25+. The van der Waals surface area contributed by atoms with Crippen molar-refractivity contribution in [2.24, 2.45) is 15.9 Å². The second kappa shape index (κ2) is 11.2. The summed E-state index contributed by atoms with van der Waals surface area (Å²) in [5, 5.41) is 17.8. The lowest BCUT2D eigenvalue weighted by molar-refractivity contribution is -0.0709. The first-order valence-corrected chi connectivity index (χ1v) is 12.5. The summed E-state index contributed by atoms with van der Waals surface area (Å²) in [5.41, 5.74) is 2.63. The first-order valence-electron chi connectivity index (χ1n) is 12.5. The Balaban J connectivity index is 1.35. The number of pyridine rings is 2. The number of nitriles is 1. The zero-order valence-corrected chi connectivity index (χ0v) is 21.0. The SMILES string of the molecule is CC(=NC1CCN(C2COC2)CC1)/C(=N\N)c1cc(OCCc2ncc(F)cc2F)c2c(C#N)cnn2c1. The molecule has 2 fully saturated rings. The number of aliphatic imine (C=N–C) groups is 1. The van der Waals surface area contributed by atoms with Crippen LogP contribution in [0.2, 0.25) is 0 Å². The van der Waals surface area contributed by atoms with Crippen LogP contribution in [0.15, 0.2) is 40.8 Å². The third kappa shape index (κ3) is 5.34. The van der Waals surface area contributed by atoms with Gasteiger partial charge in [-0.3, -0.25) is 14.9 Å². The summed E-state index contributed by atoms with van der Waals surface area (Å²) in [4.78, 5) is 11.2. The van der Waals surface area contributed by atoms with Gasteiger partial charge in [-0.15, -0.1) is 0 Å². The molecular formula is C26H28F2N8O2. The highest BCUT2D eigenvalue weighted by molar-refractivity contribution is 6.47. The number of nitrogens with two attached hydrogens (primary N) is 1. The van der Waals surface area contributed by atoms with Crippen molar-refractivity contribution in [2.45, 2.75) is 38.3 Å². The van der Waals surface area contributed by atoms with Crippen LogP contribution in [-0.2, 0) is 11.2 Å². The van der Waals surface area contributed by atoms with E-state index >= 15 is 0 Å². The van der Waals surface area contributed by atoms with E-state index in [1.54, 1.807) is 12.3 Å². The van der Waals surface area contributed by atoms with Crippen molar-refractivity contribution in [3.63, 3.8) is 0 Å². The van der Waals surface area contributed by atoms with Crippen molar-refractivity contribution in [1.82, 2.24) is 19.5 Å². The quantitative estimate of drug-likeness (QED) is 0.274. The summed E-state index contributed by atoms with van der Waals surface area (Å²) in [6, 6.07) is 5.29. The number of hydrogen-bond donors (Lipinski definition) is 1. The molecule has 0 spiro atoms. The van der Waals surface area contributed by atoms with Crippen LogP contribution in [0.5, 0.6) is 5.75 Å². The van der Waals surface area contributed by atoms with Crippen molar-refractivity contribution < 1.29 is 18.3 Å². The lowest BCUT2D eigenvalue weighted by Gasteiger charge is -2.40. The smallest absolute Gasteiger partial charge is 0.147 e. The molecule has 0 aliphatic carbocycles. The van der Waals surface area contributed by atoms with Crippen molar-refractivity contribution in [2.75, 3.05) is 32.9 Å². The van der Waals surface area contributed by atoms with Crippen molar-refractivity contribution in [3.8, 4) is 11.8 Å². The minimum Gasteiger partial charge on any atom is -0.491 e. The summed E-state index contributed by atoms with van der Waals surface area (Å²) < 4.78 is 40.0. The molecule has 2 N–H and O–H groups in total. The fourth-order valence-corrected chi connectivity index (χ4v) is 4.82. The molecule has 0 atom stereocenters. The van der Waals surface area contributed by atoms with Crippen LogP contribution in [0.1, 0.15) is 36.6 Å². The van der Waals surface area contributed by atoms with Gasteiger partial charge in [0, 0.05) is 37.3 Å². The number of likely N-dealkylation sites (tertiary alicyclic amines) is 1. The highest BCUT2D eigenvalue weighted by Crippen LogP contribution is 2.26. The molecule has 0 aromatic carbocycles. The molecule has 0 saturated carbocycles. The van der Waals surface area contributed by atoms with Gasteiger partial charge in [0.1, 0.15) is 40.2 Å². The average Bonchev–Trinajstić information content (AvgIpc) is 3.29. The Morgan fingerprint density at radius 3 is 2.71 bits per heavy atom. The first-order chi connectivity index (χ1) is 18.5. The fraction of sp³-hybridized carbons (Fsp3) is 0.423. The number of ether oxygens (including phenoxy) is 2. The molecule has 3 aromatic rings. The summed E-state index contributed by atoms with van der Waals surface area (Å²) in [5.74, 6) is 4.67. The van der Waals surface area contributed by atoms with Gasteiger partial charge in [-0.1, -0.05) is 0 Å². The zero-order chi connectivity index (χ0) is 26.6. The zero-order valence-electron chi connectivity index (χ0n) is 21.0. The largest absolute Gasteiger partial charge is 0.491 e. The van der Waals surface area contributed by atoms with Gasteiger partial charge < -0.3 is 15.3 Å². The van der Waals surface area contributed by atoms with E-state index in [1.165, 1.54) is 10.7 Å². The van der Waals surface area contributed by atoms with E-state index in [-0.39, 0.29) is 24.8 Å². The molecule has 0 radical (unpaired) electrons. The number of fused-ring (bicyclic) bond motifs is 1. The van der Waals surface area contributed by atoms with E-state index in [1.807, 2.05) is 6.92 Å². The monoisotopic (exact) mass is 522 g/mol. The summed E-state index contributed by atoms with van der Waals surface area (Å²) in [6.07, 6.45) is 6.10. The van der Waals surface area contributed by atoms with Crippen LogP contribution >= 0.6 is 0 Å². The first kappa shape index (κ1) is 25.7. The van der Waals surface area contributed by atoms with Gasteiger partial charge in [0.2, 0.25) is 0 Å². The molecule has 3 aromatic heterocycles. The molecule has 5 rings (SSSR count). The summed E-state index contributed by atoms with van der Waals surface area (Å²) >= 11 is 0. The molecule has 10 nitrogen and oxygen atoms in total. The maximum Gasteiger partial charge on any atom is 0.147 e. The molecule has 12 heteroatoms. The Morgan fingerprint density at radius 2 is 2.05 bits per heavy atom. The van der Waals surface area contributed by atoms with Gasteiger partial charge in [-0.2, -0.15) is 15.5 Å². The van der Waals surface area contributed by atoms with Crippen LogP contribution < -0.4 is 10.6 Å². The lowest BCUT2D eigenvalue weighted by atomic mass is 10.0. The molecule has 5 heterocycles. The van der Waals surface area contributed by atoms with Crippen LogP contribution in [0.3, 0.4) is 0 Å². The maximum atomic E-state index is 14.0. The Bertz CT molecular complexity index is 1420. The molecule has 38 heavy (non-hydrogen) atoms. The van der Waals surface area contributed by atoms with Crippen molar-refractivity contribution in [3.05, 3.63) is 59.2 Å². The molecule has 0 bridgehead atoms. The number of rotatable bonds is 8. The normalized spacial score (nSPS) is 17.9. The Kier molecular flexibility index (Phi) is 7.57. The topological polar surface area (TPSA) is 126 Å². The third-order valence-electron chi connectivity index (χ3n) is 6.94. The molecule has 2 aliphatic heterocycles. The van der Waals surface area contributed by atoms with Crippen LogP contribution in [0.25, 0.3) is 5.52 Å². The average molecular weight is 523 g/mol. The van der Waals surface area contributed by atoms with E-state index < -0.39 is 11.6 Å². The number of hydrazone groups is 1. The molecular weight excluding hydrogens is 494 g/mol. The van der Waals surface area contributed by atoms with Gasteiger partial charge in [-0.25, -0.2) is 13.3 Å². The highest BCUT2D eigenvalue weighted by Gasteiger charge is 2.29. The van der Waals surface area contributed by atoms with E-state index in [9.17, 15) is 14.0 Å². The molecule has 2 saturated heterocycles. The Hall–Kier alpha value is -3.95. The van der Waals surface area contributed by atoms with Crippen LogP contribution in [0, 0.1) is 23.0 Å². The lowest BCUT2D eigenvalue weighted by Crippen LogP contribution is -2.52. The maximum absolute atomic E-state index is 14.0. The molecule has 198 valence electrons. The number of aromatic nitrogens is 3. The van der Waals surface area contributed by atoms with Crippen molar-refractivity contribution in [1.29, 1.82) is 5.26 Å². The van der Waals surface area contributed by atoms with Gasteiger partial charge in [0.05, 0.1) is 55.7 Å². The van der Waals surface area contributed by atoms with Gasteiger partial charge in [0.25, 0.3) is 0 Å². The van der Waals surface area contributed by atoms with E-state index in [4.69, 9.17) is 20.3 Å². The summed E-state index contributed by atoms with van der Waals surface area (Å²) in [6.45, 7) is 5.47. The van der Waals surface area contributed by atoms with Gasteiger partial charge in [0.15, 0.2) is 0 Å². The highest BCUT2D eigenvalue weighted by atomic mass is 19.1. The third-order valence-corrected chi connectivity index (χ3v) is 6.94. The molecule has 2 aliphatic rings. The number of piperidine rings is 1. The second-order valence-electron chi connectivity index (χ2n) is 9.39. The van der Waals surface area contributed by atoms with Gasteiger partial charge in [-0.05, 0) is 25.8 Å². The Morgan fingerprint density at radius 1 is 1.26 bits per heavy atom. The van der Waals surface area contributed by atoms with E-state index in [0.29, 0.717) is 39.9 Å². The number of halogens is 2. The Labute approximate surface area is 218 Å². The van der Waals surface area contributed by atoms with E-state index in [0.717, 1.165) is 51.4 Å². The molecule has 0 unspecified atom stereocenters. The van der Waals surface area contributed by atoms with Crippen LogP contribution in [0.4, 0.5) is 8.78 Å². The predicted octanol–water partition coefficient (Wildman–Crippen LogP) is 2.49. The van der Waals surface area contributed by atoms with Crippen molar-refractivity contribution >= 4 is 16.9 Å². The van der Waals surface area contributed by atoms with Gasteiger partial charge >= 0.3 is 0 Å². The predicted molar refractivity (Wildman–Crippen MR) is 136 cm³/mol. The number of nitrogens with zero attached hydrogens (tertiary/aromatic N) is 7. The number of hydrogen-bond acceptors (Lipinski definition) is 9. The fourth-order valence-electron chi connectivity index (χ4n) is 4.82. The summed E-state index contributed by atoms with van der Waals surface area (Å²) in [7, 11) is 0. The minimum absolute atomic E-state index is 0.0392.